The summed E-state index contributed by atoms with van der Waals surface area (Å²) in [7, 11) is 3.71. The maximum atomic E-state index is 11.5. The normalized spacial score (nSPS) is 14.6. The highest BCUT2D eigenvalue weighted by atomic mass is 16.5. The average molecular weight is 219 g/mol. The summed E-state index contributed by atoms with van der Waals surface area (Å²) < 4.78 is 5.41. The van der Waals surface area contributed by atoms with E-state index in [0.717, 1.165) is 25.1 Å². The molecule has 0 radical (unpaired) electrons. The van der Waals surface area contributed by atoms with Gasteiger partial charge in [-0.15, -0.1) is 0 Å². The summed E-state index contributed by atoms with van der Waals surface area (Å²) in [5.41, 5.74) is 3.05. The second-order valence-electron chi connectivity index (χ2n) is 4.23. The highest BCUT2D eigenvalue weighted by Gasteiger charge is 2.21. The zero-order valence-corrected chi connectivity index (χ0v) is 10.0. The molecular weight excluding hydrogens is 202 g/mol. The summed E-state index contributed by atoms with van der Waals surface area (Å²) in [5.74, 6) is 0.824. The SMILES string of the molecule is COc1c(C(C)=O)ccc2c1CCCN2C. The molecule has 16 heavy (non-hydrogen) atoms. The molecule has 3 heteroatoms. The highest BCUT2D eigenvalue weighted by Crippen LogP contribution is 2.36. The Morgan fingerprint density at radius 2 is 2.19 bits per heavy atom. The molecule has 0 unspecified atom stereocenters. The molecule has 0 aliphatic carbocycles. The van der Waals surface area contributed by atoms with Gasteiger partial charge >= 0.3 is 0 Å². The predicted octanol–water partition coefficient (Wildman–Crippen LogP) is 2.28. The number of Topliss-reactive ketones (excluding diaryl/α,β-unsaturated/α-hetero) is 1. The zero-order chi connectivity index (χ0) is 11.7. The number of fused-ring (bicyclic) bond motifs is 1. The largest absolute Gasteiger partial charge is 0.496 e. The molecule has 1 aromatic carbocycles. The van der Waals surface area contributed by atoms with Crippen molar-refractivity contribution in [1.29, 1.82) is 0 Å². The van der Waals surface area contributed by atoms with Crippen LogP contribution in [0.3, 0.4) is 0 Å². The van der Waals surface area contributed by atoms with E-state index in [-0.39, 0.29) is 5.78 Å². The molecule has 1 aromatic rings. The van der Waals surface area contributed by atoms with Crippen molar-refractivity contribution in [3.8, 4) is 5.75 Å². The second kappa shape index (κ2) is 4.16. The van der Waals surface area contributed by atoms with Gasteiger partial charge in [0.1, 0.15) is 5.75 Å². The van der Waals surface area contributed by atoms with Gasteiger partial charge in [0, 0.05) is 24.8 Å². The van der Waals surface area contributed by atoms with Crippen molar-refractivity contribution in [2.75, 3.05) is 25.6 Å². The van der Waals surface area contributed by atoms with Crippen LogP contribution in [0.4, 0.5) is 5.69 Å². The Labute approximate surface area is 96.0 Å². The summed E-state index contributed by atoms with van der Waals surface area (Å²) in [5, 5.41) is 0. The van der Waals surface area contributed by atoms with Gasteiger partial charge in [0.15, 0.2) is 5.78 Å². The van der Waals surface area contributed by atoms with E-state index in [1.54, 1.807) is 14.0 Å². The van der Waals surface area contributed by atoms with Crippen LogP contribution in [-0.4, -0.2) is 26.5 Å². The van der Waals surface area contributed by atoms with Crippen molar-refractivity contribution in [2.45, 2.75) is 19.8 Å². The first kappa shape index (κ1) is 11.0. The van der Waals surface area contributed by atoms with Crippen LogP contribution in [0.1, 0.15) is 29.3 Å². The Morgan fingerprint density at radius 3 is 2.81 bits per heavy atom. The fourth-order valence-electron chi connectivity index (χ4n) is 2.34. The third kappa shape index (κ3) is 1.66. The molecule has 0 atom stereocenters. The molecule has 0 N–H and O–H groups in total. The van der Waals surface area contributed by atoms with E-state index in [2.05, 4.69) is 11.9 Å². The third-order valence-electron chi connectivity index (χ3n) is 3.15. The molecular formula is C13H17NO2. The van der Waals surface area contributed by atoms with Crippen LogP contribution in [0, 0.1) is 0 Å². The number of rotatable bonds is 2. The second-order valence-corrected chi connectivity index (χ2v) is 4.23. The summed E-state index contributed by atoms with van der Waals surface area (Å²) >= 11 is 0. The molecule has 1 heterocycles. The van der Waals surface area contributed by atoms with E-state index in [9.17, 15) is 4.79 Å². The molecule has 0 amide bonds. The van der Waals surface area contributed by atoms with E-state index in [0.29, 0.717) is 5.56 Å². The van der Waals surface area contributed by atoms with Gasteiger partial charge in [-0.2, -0.15) is 0 Å². The van der Waals surface area contributed by atoms with Crippen molar-refractivity contribution in [1.82, 2.24) is 0 Å². The number of benzene rings is 1. The van der Waals surface area contributed by atoms with Crippen molar-refractivity contribution < 1.29 is 9.53 Å². The van der Waals surface area contributed by atoms with Crippen LogP contribution in [0.15, 0.2) is 12.1 Å². The Kier molecular flexibility index (Phi) is 2.86. The summed E-state index contributed by atoms with van der Waals surface area (Å²) in [6.07, 6.45) is 2.10. The maximum absolute atomic E-state index is 11.5. The van der Waals surface area contributed by atoms with E-state index in [4.69, 9.17) is 4.74 Å². The Hall–Kier alpha value is -1.51. The number of ketones is 1. The van der Waals surface area contributed by atoms with E-state index >= 15 is 0 Å². The van der Waals surface area contributed by atoms with Gasteiger partial charge in [-0.25, -0.2) is 0 Å². The molecule has 1 aliphatic rings. The number of ether oxygens (including phenoxy) is 1. The van der Waals surface area contributed by atoms with Gasteiger partial charge in [-0.1, -0.05) is 0 Å². The van der Waals surface area contributed by atoms with Gasteiger partial charge in [-0.05, 0) is 31.9 Å². The number of anilines is 1. The van der Waals surface area contributed by atoms with Crippen molar-refractivity contribution in [3.63, 3.8) is 0 Å². The minimum Gasteiger partial charge on any atom is -0.496 e. The van der Waals surface area contributed by atoms with E-state index < -0.39 is 0 Å². The molecule has 0 fully saturated rings. The first-order chi connectivity index (χ1) is 7.65. The van der Waals surface area contributed by atoms with Crippen molar-refractivity contribution in [3.05, 3.63) is 23.3 Å². The number of hydrogen-bond acceptors (Lipinski definition) is 3. The molecule has 0 aromatic heterocycles. The fourth-order valence-corrected chi connectivity index (χ4v) is 2.34. The number of nitrogens with zero attached hydrogens (tertiary/aromatic N) is 1. The van der Waals surface area contributed by atoms with Crippen LogP contribution in [-0.2, 0) is 6.42 Å². The summed E-state index contributed by atoms with van der Waals surface area (Å²) in [6, 6.07) is 3.88. The molecule has 0 saturated carbocycles. The van der Waals surface area contributed by atoms with E-state index in [1.807, 2.05) is 12.1 Å². The first-order valence-electron chi connectivity index (χ1n) is 5.57. The van der Waals surface area contributed by atoms with Crippen LogP contribution in [0.25, 0.3) is 0 Å². The lowest BCUT2D eigenvalue weighted by molar-refractivity contribution is 0.101. The Morgan fingerprint density at radius 1 is 1.44 bits per heavy atom. The maximum Gasteiger partial charge on any atom is 0.163 e. The van der Waals surface area contributed by atoms with Gasteiger partial charge in [0.05, 0.1) is 12.7 Å². The average Bonchev–Trinajstić information content (AvgIpc) is 2.27. The minimum absolute atomic E-state index is 0.0628. The molecule has 1 aliphatic heterocycles. The lowest BCUT2D eigenvalue weighted by atomic mass is 9.96. The minimum atomic E-state index is 0.0628. The molecule has 0 spiro atoms. The van der Waals surface area contributed by atoms with Crippen molar-refractivity contribution in [2.24, 2.45) is 0 Å². The molecule has 3 nitrogen and oxygen atoms in total. The smallest absolute Gasteiger partial charge is 0.163 e. The molecule has 86 valence electrons. The van der Waals surface area contributed by atoms with Gasteiger partial charge in [0.2, 0.25) is 0 Å². The molecule has 2 rings (SSSR count). The van der Waals surface area contributed by atoms with Crippen LogP contribution < -0.4 is 9.64 Å². The monoisotopic (exact) mass is 219 g/mol. The number of carbonyl (C=O) groups is 1. The lowest BCUT2D eigenvalue weighted by Gasteiger charge is -2.29. The third-order valence-corrected chi connectivity index (χ3v) is 3.15. The van der Waals surface area contributed by atoms with Gasteiger partial charge in [0.25, 0.3) is 0 Å². The fraction of sp³-hybridized carbons (Fsp3) is 0.462. The standard InChI is InChI=1S/C13H17NO2/c1-9(15)10-6-7-12-11(13(10)16-3)5-4-8-14(12)2/h6-7H,4-5,8H2,1-3H3. The number of methoxy groups -OCH3 is 1. The quantitative estimate of drug-likeness (QED) is 0.715. The predicted molar refractivity (Wildman–Crippen MR) is 64.6 cm³/mol. The summed E-state index contributed by atoms with van der Waals surface area (Å²) in [6.45, 7) is 2.65. The van der Waals surface area contributed by atoms with Crippen molar-refractivity contribution >= 4 is 11.5 Å². The van der Waals surface area contributed by atoms with Crippen LogP contribution in [0.2, 0.25) is 0 Å². The molecule has 0 bridgehead atoms. The van der Waals surface area contributed by atoms with E-state index in [1.165, 1.54) is 11.3 Å². The highest BCUT2D eigenvalue weighted by molar-refractivity contribution is 5.98. The zero-order valence-electron chi connectivity index (χ0n) is 10.0. The number of hydrogen-bond donors (Lipinski definition) is 0. The first-order valence-corrected chi connectivity index (χ1v) is 5.57. The topological polar surface area (TPSA) is 29.5 Å². The number of carbonyl (C=O) groups excluding carboxylic acids is 1. The van der Waals surface area contributed by atoms with Crippen LogP contribution >= 0.6 is 0 Å². The Balaban J connectivity index is 2.59. The van der Waals surface area contributed by atoms with Gasteiger partial charge < -0.3 is 9.64 Å². The lowest BCUT2D eigenvalue weighted by Crippen LogP contribution is -2.25. The summed E-state index contributed by atoms with van der Waals surface area (Å²) in [4.78, 5) is 13.7. The Bertz CT molecular complexity index is 426. The molecule has 0 saturated heterocycles. The van der Waals surface area contributed by atoms with Crippen LogP contribution in [0.5, 0.6) is 5.75 Å². The van der Waals surface area contributed by atoms with Gasteiger partial charge in [-0.3, -0.25) is 4.79 Å².